The Hall–Kier alpha value is -2.35. The van der Waals surface area contributed by atoms with Crippen molar-refractivity contribution >= 4 is 21.6 Å². The number of oxazole rings is 1. The average molecular weight is 407 g/mol. The average Bonchev–Trinajstić information content (AvgIpc) is 3.10. The first-order valence-electron chi connectivity index (χ1n) is 8.24. The molecule has 0 unspecified atom stereocenters. The van der Waals surface area contributed by atoms with Crippen LogP contribution in [-0.4, -0.2) is 27.1 Å². The van der Waals surface area contributed by atoms with E-state index in [9.17, 15) is 8.42 Å². The van der Waals surface area contributed by atoms with Gasteiger partial charge in [-0.1, -0.05) is 11.6 Å². The van der Waals surface area contributed by atoms with Gasteiger partial charge in [0.25, 0.3) is 0 Å². The van der Waals surface area contributed by atoms with E-state index in [0.717, 1.165) is 11.3 Å². The van der Waals surface area contributed by atoms with Crippen LogP contribution in [0.1, 0.15) is 11.3 Å². The van der Waals surface area contributed by atoms with Crippen molar-refractivity contribution in [3.63, 3.8) is 0 Å². The van der Waals surface area contributed by atoms with Crippen LogP contribution < -0.4 is 9.46 Å². The number of rotatable bonds is 7. The summed E-state index contributed by atoms with van der Waals surface area (Å²) in [5.74, 6) is 1.22. The molecule has 8 heteroatoms. The number of halogens is 1. The number of hydrogen-bond acceptors (Lipinski definition) is 5. The van der Waals surface area contributed by atoms with Gasteiger partial charge in [0.15, 0.2) is 0 Å². The number of nitrogens with zero attached hydrogens (tertiary/aromatic N) is 1. The van der Waals surface area contributed by atoms with Gasteiger partial charge in [0.05, 0.1) is 17.7 Å². The number of hydrogen-bond donors (Lipinski definition) is 1. The molecule has 142 valence electrons. The van der Waals surface area contributed by atoms with E-state index in [1.54, 1.807) is 26.2 Å². The molecule has 0 aliphatic heterocycles. The van der Waals surface area contributed by atoms with Crippen LogP contribution in [0.2, 0.25) is 5.02 Å². The van der Waals surface area contributed by atoms with Crippen molar-refractivity contribution in [2.45, 2.75) is 18.2 Å². The van der Waals surface area contributed by atoms with Gasteiger partial charge in [-0.25, -0.2) is 18.1 Å². The van der Waals surface area contributed by atoms with Gasteiger partial charge in [-0.05, 0) is 55.0 Å². The number of benzene rings is 2. The first-order valence-corrected chi connectivity index (χ1v) is 10.1. The van der Waals surface area contributed by atoms with Crippen molar-refractivity contribution in [2.75, 3.05) is 13.7 Å². The Labute approximate surface area is 163 Å². The number of nitrogens with one attached hydrogen (secondary N) is 1. The third-order valence-electron chi connectivity index (χ3n) is 3.99. The fraction of sp³-hybridized carbons (Fsp3) is 0.211. The van der Waals surface area contributed by atoms with E-state index in [4.69, 9.17) is 20.8 Å². The summed E-state index contributed by atoms with van der Waals surface area (Å²) >= 11 is 5.88. The second-order valence-corrected chi connectivity index (χ2v) is 8.10. The summed E-state index contributed by atoms with van der Waals surface area (Å²) in [4.78, 5) is 4.61. The molecule has 0 saturated heterocycles. The minimum absolute atomic E-state index is 0.207. The quantitative estimate of drug-likeness (QED) is 0.644. The van der Waals surface area contributed by atoms with E-state index in [0.29, 0.717) is 28.6 Å². The molecule has 2 aromatic carbocycles. The van der Waals surface area contributed by atoms with Crippen LogP contribution >= 0.6 is 11.6 Å². The van der Waals surface area contributed by atoms with E-state index in [-0.39, 0.29) is 11.4 Å². The summed E-state index contributed by atoms with van der Waals surface area (Å²) < 4.78 is 38.0. The molecule has 0 atom stereocenters. The van der Waals surface area contributed by atoms with E-state index >= 15 is 0 Å². The van der Waals surface area contributed by atoms with Crippen LogP contribution in [0.5, 0.6) is 5.75 Å². The lowest BCUT2D eigenvalue weighted by Gasteiger charge is -2.08. The van der Waals surface area contributed by atoms with Gasteiger partial charge in [0.1, 0.15) is 12.0 Å². The smallest absolute Gasteiger partial charge is 0.240 e. The topological polar surface area (TPSA) is 81.4 Å². The normalized spacial score (nSPS) is 11.5. The van der Waals surface area contributed by atoms with Gasteiger partial charge < -0.3 is 9.15 Å². The van der Waals surface area contributed by atoms with E-state index in [2.05, 4.69) is 9.71 Å². The fourth-order valence-corrected chi connectivity index (χ4v) is 4.08. The first kappa shape index (κ1) is 19.4. The van der Waals surface area contributed by atoms with Crippen molar-refractivity contribution < 1.29 is 17.6 Å². The zero-order chi connectivity index (χ0) is 19.4. The Bertz CT molecular complexity index is 1030. The summed E-state index contributed by atoms with van der Waals surface area (Å²) in [6, 6.07) is 12.0. The Kier molecular flexibility index (Phi) is 5.84. The van der Waals surface area contributed by atoms with Crippen LogP contribution in [0.4, 0.5) is 0 Å². The monoisotopic (exact) mass is 406 g/mol. The van der Waals surface area contributed by atoms with E-state index < -0.39 is 10.0 Å². The molecule has 1 N–H and O–H groups in total. The molecule has 0 aliphatic rings. The zero-order valence-electron chi connectivity index (χ0n) is 14.9. The maximum Gasteiger partial charge on any atom is 0.240 e. The second-order valence-electron chi connectivity index (χ2n) is 5.93. The zero-order valence-corrected chi connectivity index (χ0v) is 16.5. The molecule has 1 aromatic heterocycles. The standard InChI is InChI=1S/C19H19ClN2O4S/c1-13-11-15(20)5-8-18(13)27(23,24)21-10-9-16-12-26-19(22-16)14-3-6-17(25-2)7-4-14/h3-8,11-12,21H,9-10H2,1-2H3. The summed E-state index contributed by atoms with van der Waals surface area (Å²) in [5.41, 5.74) is 2.08. The summed E-state index contributed by atoms with van der Waals surface area (Å²) in [7, 11) is -2.01. The molecule has 3 aromatic rings. The molecule has 1 heterocycles. The van der Waals surface area contributed by atoms with Crippen LogP contribution in [0.15, 0.2) is 58.0 Å². The summed E-state index contributed by atoms with van der Waals surface area (Å²) in [5, 5.41) is 0.500. The van der Waals surface area contributed by atoms with E-state index in [1.807, 2.05) is 24.3 Å². The number of aryl methyl sites for hydroxylation is 1. The molecule has 0 amide bonds. The molecule has 0 bridgehead atoms. The highest BCUT2D eigenvalue weighted by Gasteiger charge is 2.17. The van der Waals surface area contributed by atoms with E-state index in [1.165, 1.54) is 12.3 Å². The lowest BCUT2D eigenvalue weighted by Crippen LogP contribution is -2.26. The molecule has 3 rings (SSSR count). The molecule has 27 heavy (non-hydrogen) atoms. The Morgan fingerprint density at radius 2 is 1.93 bits per heavy atom. The highest BCUT2D eigenvalue weighted by Crippen LogP contribution is 2.22. The van der Waals surface area contributed by atoms with Crippen molar-refractivity contribution in [1.29, 1.82) is 0 Å². The molecule has 0 aliphatic carbocycles. The predicted molar refractivity (Wildman–Crippen MR) is 104 cm³/mol. The van der Waals surface area contributed by atoms with Gasteiger partial charge in [0, 0.05) is 23.6 Å². The fourth-order valence-electron chi connectivity index (χ4n) is 2.59. The minimum Gasteiger partial charge on any atom is -0.497 e. The predicted octanol–water partition coefficient (Wildman–Crippen LogP) is 3.83. The highest BCUT2D eigenvalue weighted by molar-refractivity contribution is 7.89. The number of ether oxygens (including phenoxy) is 1. The lowest BCUT2D eigenvalue weighted by atomic mass is 10.2. The summed E-state index contributed by atoms with van der Waals surface area (Å²) in [6.45, 7) is 1.91. The second kappa shape index (κ2) is 8.12. The third kappa shape index (κ3) is 4.68. The molecule has 0 fully saturated rings. The third-order valence-corrected chi connectivity index (χ3v) is 5.84. The SMILES string of the molecule is COc1ccc(-c2nc(CCNS(=O)(=O)c3ccc(Cl)cc3C)co2)cc1. The van der Waals surface area contributed by atoms with Gasteiger partial charge in [-0.3, -0.25) is 0 Å². The van der Waals surface area contributed by atoms with Crippen molar-refractivity contribution in [1.82, 2.24) is 9.71 Å². The number of aromatic nitrogens is 1. The molecule has 6 nitrogen and oxygen atoms in total. The van der Waals surface area contributed by atoms with Crippen LogP contribution in [0.25, 0.3) is 11.5 Å². The molecular formula is C19H19ClN2O4S. The number of methoxy groups -OCH3 is 1. The molecule has 0 radical (unpaired) electrons. The van der Waals surface area contributed by atoms with Gasteiger partial charge in [0.2, 0.25) is 15.9 Å². The highest BCUT2D eigenvalue weighted by atomic mass is 35.5. The molecule has 0 saturated carbocycles. The van der Waals surface area contributed by atoms with Crippen LogP contribution in [0, 0.1) is 6.92 Å². The van der Waals surface area contributed by atoms with Crippen LogP contribution in [0.3, 0.4) is 0 Å². The maximum absolute atomic E-state index is 12.4. The van der Waals surface area contributed by atoms with Gasteiger partial charge in [-0.2, -0.15) is 0 Å². The lowest BCUT2D eigenvalue weighted by molar-refractivity contribution is 0.415. The van der Waals surface area contributed by atoms with Crippen molar-refractivity contribution in [3.05, 3.63) is 65.0 Å². The Morgan fingerprint density at radius 3 is 2.59 bits per heavy atom. The largest absolute Gasteiger partial charge is 0.497 e. The Morgan fingerprint density at radius 1 is 1.19 bits per heavy atom. The molecular weight excluding hydrogens is 388 g/mol. The van der Waals surface area contributed by atoms with Gasteiger partial charge >= 0.3 is 0 Å². The summed E-state index contributed by atoms with van der Waals surface area (Å²) in [6.07, 6.45) is 1.94. The van der Waals surface area contributed by atoms with Gasteiger partial charge in [-0.15, -0.1) is 0 Å². The first-order chi connectivity index (χ1) is 12.9. The van der Waals surface area contributed by atoms with Crippen molar-refractivity contribution in [3.8, 4) is 17.2 Å². The maximum atomic E-state index is 12.4. The minimum atomic E-state index is -3.61. The van der Waals surface area contributed by atoms with Crippen molar-refractivity contribution in [2.24, 2.45) is 0 Å². The Balaban J connectivity index is 1.63. The molecule has 0 spiro atoms. The van der Waals surface area contributed by atoms with Crippen LogP contribution in [-0.2, 0) is 16.4 Å². The number of sulfonamides is 1.